The number of aromatic nitrogens is 2. The third-order valence-corrected chi connectivity index (χ3v) is 5.65. The molecule has 2 aromatic carbocycles. The highest BCUT2D eigenvalue weighted by Gasteiger charge is 2.14. The Labute approximate surface area is 186 Å². The van der Waals surface area contributed by atoms with Crippen LogP contribution in [0, 0.1) is 0 Å². The van der Waals surface area contributed by atoms with Crippen LogP contribution in [-0.2, 0) is 5.41 Å². The van der Waals surface area contributed by atoms with Crippen LogP contribution in [0.2, 0.25) is 0 Å². The van der Waals surface area contributed by atoms with E-state index in [9.17, 15) is 0 Å². The summed E-state index contributed by atoms with van der Waals surface area (Å²) in [5.41, 5.74) is 9.11. The molecule has 0 N–H and O–H groups in total. The summed E-state index contributed by atoms with van der Waals surface area (Å²) in [5, 5.41) is 0. The summed E-state index contributed by atoms with van der Waals surface area (Å²) >= 11 is 0. The summed E-state index contributed by atoms with van der Waals surface area (Å²) in [5.74, 6) is 0.357. The first kappa shape index (κ1) is 21.0. The molecule has 4 aromatic rings. The summed E-state index contributed by atoms with van der Waals surface area (Å²) in [6, 6.07) is 27.7. The number of rotatable bonds is 4. The van der Waals surface area contributed by atoms with Crippen LogP contribution in [0.3, 0.4) is 0 Å². The second kappa shape index (κ2) is 8.47. The largest absolute Gasteiger partial charge is 0.256 e. The third-order valence-electron chi connectivity index (χ3n) is 5.65. The molecule has 0 atom stereocenters. The van der Waals surface area contributed by atoms with Gasteiger partial charge in [-0.25, -0.2) is 0 Å². The topological polar surface area (TPSA) is 25.8 Å². The zero-order chi connectivity index (χ0) is 22.0. The van der Waals surface area contributed by atoms with E-state index < -0.39 is 0 Å². The van der Waals surface area contributed by atoms with Crippen molar-refractivity contribution < 1.29 is 0 Å². The lowest BCUT2D eigenvalue weighted by Gasteiger charge is -2.19. The standard InChI is InChI=1S/C29H30N2/c1-20(2)27-17-24(18-28(31-27)21-9-7-6-8-10-21)23-13-16-26(30-19-23)22-11-14-25(15-12-22)29(3,4)5/h6-20H,1-5H3. The van der Waals surface area contributed by atoms with Crippen molar-refractivity contribution >= 4 is 0 Å². The molecule has 156 valence electrons. The van der Waals surface area contributed by atoms with Crippen molar-refractivity contribution in [2.75, 3.05) is 0 Å². The smallest absolute Gasteiger partial charge is 0.0711 e. The van der Waals surface area contributed by atoms with Gasteiger partial charge >= 0.3 is 0 Å². The van der Waals surface area contributed by atoms with E-state index >= 15 is 0 Å². The van der Waals surface area contributed by atoms with Crippen LogP contribution in [0.25, 0.3) is 33.6 Å². The van der Waals surface area contributed by atoms with Gasteiger partial charge in [0.2, 0.25) is 0 Å². The number of hydrogen-bond donors (Lipinski definition) is 0. The van der Waals surface area contributed by atoms with Gasteiger partial charge in [0.25, 0.3) is 0 Å². The van der Waals surface area contributed by atoms with Gasteiger partial charge in [-0.15, -0.1) is 0 Å². The van der Waals surface area contributed by atoms with Crippen LogP contribution in [0.4, 0.5) is 0 Å². The molecule has 0 radical (unpaired) electrons. The molecule has 0 aliphatic heterocycles. The van der Waals surface area contributed by atoms with Gasteiger partial charge in [0.15, 0.2) is 0 Å². The Morgan fingerprint density at radius 1 is 0.645 bits per heavy atom. The number of benzene rings is 2. The van der Waals surface area contributed by atoms with Gasteiger partial charge in [-0.05, 0) is 40.7 Å². The summed E-state index contributed by atoms with van der Waals surface area (Å²) in [7, 11) is 0. The molecular weight excluding hydrogens is 376 g/mol. The van der Waals surface area contributed by atoms with Crippen molar-refractivity contribution in [1.82, 2.24) is 9.97 Å². The molecule has 2 heterocycles. The van der Waals surface area contributed by atoms with E-state index in [1.807, 2.05) is 12.3 Å². The van der Waals surface area contributed by atoms with Crippen LogP contribution in [-0.4, -0.2) is 9.97 Å². The van der Waals surface area contributed by atoms with Crippen molar-refractivity contribution in [3.05, 3.63) is 96.3 Å². The highest BCUT2D eigenvalue weighted by molar-refractivity contribution is 5.72. The minimum Gasteiger partial charge on any atom is -0.256 e. The lowest BCUT2D eigenvalue weighted by molar-refractivity contribution is 0.590. The SMILES string of the molecule is CC(C)c1cc(-c2ccc(-c3ccc(C(C)(C)C)cc3)nc2)cc(-c2ccccc2)n1. The molecule has 0 saturated carbocycles. The van der Waals surface area contributed by atoms with Crippen LogP contribution < -0.4 is 0 Å². The first-order valence-electron chi connectivity index (χ1n) is 11.0. The van der Waals surface area contributed by atoms with Crippen LogP contribution in [0.1, 0.15) is 51.8 Å². The molecule has 0 aliphatic rings. The lowest BCUT2D eigenvalue weighted by atomic mass is 9.86. The molecule has 0 spiro atoms. The van der Waals surface area contributed by atoms with Gasteiger partial charge in [0.1, 0.15) is 0 Å². The molecule has 2 aromatic heterocycles. The van der Waals surface area contributed by atoms with Gasteiger partial charge in [0, 0.05) is 28.6 Å². The summed E-state index contributed by atoms with van der Waals surface area (Å²) in [6.45, 7) is 11.1. The molecule has 31 heavy (non-hydrogen) atoms. The molecule has 2 nitrogen and oxygen atoms in total. The third kappa shape index (κ3) is 4.74. The van der Waals surface area contributed by atoms with Crippen LogP contribution in [0.15, 0.2) is 85.1 Å². The van der Waals surface area contributed by atoms with Crippen LogP contribution in [0.5, 0.6) is 0 Å². The highest BCUT2D eigenvalue weighted by atomic mass is 14.7. The molecule has 4 rings (SSSR count). The summed E-state index contributed by atoms with van der Waals surface area (Å²) in [6.07, 6.45) is 1.97. The van der Waals surface area contributed by atoms with E-state index in [4.69, 9.17) is 9.97 Å². The van der Waals surface area contributed by atoms with Gasteiger partial charge in [-0.1, -0.05) is 95.3 Å². The van der Waals surface area contributed by atoms with Gasteiger partial charge in [-0.2, -0.15) is 0 Å². The van der Waals surface area contributed by atoms with Crippen molar-refractivity contribution in [3.63, 3.8) is 0 Å². The summed E-state index contributed by atoms with van der Waals surface area (Å²) in [4.78, 5) is 9.68. The maximum Gasteiger partial charge on any atom is 0.0711 e. The molecule has 0 saturated heterocycles. The monoisotopic (exact) mass is 406 g/mol. The second-order valence-electron chi connectivity index (χ2n) is 9.45. The average molecular weight is 407 g/mol. The quantitative estimate of drug-likeness (QED) is 0.344. The molecule has 0 amide bonds. The van der Waals surface area contributed by atoms with E-state index in [0.29, 0.717) is 5.92 Å². The zero-order valence-electron chi connectivity index (χ0n) is 19.1. The fourth-order valence-electron chi connectivity index (χ4n) is 3.65. The number of hydrogen-bond acceptors (Lipinski definition) is 2. The van der Waals surface area contributed by atoms with E-state index in [1.165, 1.54) is 5.56 Å². The molecule has 0 unspecified atom stereocenters. The number of pyridine rings is 2. The Kier molecular flexibility index (Phi) is 5.73. The molecule has 0 bridgehead atoms. The Morgan fingerprint density at radius 2 is 1.29 bits per heavy atom. The predicted octanol–water partition coefficient (Wildman–Crippen LogP) is 7.90. The maximum absolute atomic E-state index is 4.90. The van der Waals surface area contributed by atoms with Gasteiger partial charge < -0.3 is 0 Å². The lowest BCUT2D eigenvalue weighted by Crippen LogP contribution is -2.10. The molecule has 0 aliphatic carbocycles. The van der Waals surface area contributed by atoms with Crippen molar-refractivity contribution in [3.8, 4) is 33.6 Å². The minimum atomic E-state index is 0.155. The van der Waals surface area contributed by atoms with Gasteiger partial charge in [-0.3, -0.25) is 9.97 Å². The van der Waals surface area contributed by atoms with E-state index in [2.05, 4.69) is 107 Å². The van der Waals surface area contributed by atoms with Crippen molar-refractivity contribution in [2.45, 2.75) is 46.0 Å². The van der Waals surface area contributed by atoms with E-state index in [1.54, 1.807) is 0 Å². The Morgan fingerprint density at radius 3 is 1.87 bits per heavy atom. The summed E-state index contributed by atoms with van der Waals surface area (Å²) < 4.78 is 0. The fourth-order valence-corrected chi connectivity index (χ4v) is 3.65. The molecular formula is C29H30N2. The van der Waals surface area contributed by atoms with Gasteiger partial charge in [0.05, 0.1) is 11.4 Å². The average Bonchev–Trinajstić information content (AvgIpc) is 2.79. The van der Waals surface area contributed by atoms with Crippen LogP contribution >= 0.6 is 0 Å². The first-order valence-corrected chi connectivity index (χ1v) is 11.0. The number of nitrogens with zero attached hydrogens (tertiary/aromatic N) is 2. The normalized spacial score (nSPS) is 11.7. The Bertz CT molecular complexity index is 1150. The highest BCUT2D eigenvalue weighted by Crippen LogP contribution is 2.30. The predicted molar refractivity (Wildman–Crippen MR) is 131 cm³/mol. The Hall–Kier alpha value is -3.26. The second-order valence-corrected chi connectivity index (χ2v) is 9.45. The van der Waals surface area contributed by atoms with E-state index in [-0.39, 0.29) is 5.41 Å². The minimum absolute atomic E-state index is 0.155. The first-order chi connectivity index (χ1) is 14.8. The zero-order valence-corrected chi connectivity index (χ0v) is 19.1. The maximum atomic E-state index is 4.90. The van der Waals surface area contributed by atoms with Crippen molar-refractivity contribution in [1.29, 1.82) is 0 Å². The van der Waals surface area contributed by atoms with Crippen molar-refractivity contribution in [2.24, 2.45) is 0 Å². The van der Waals surface area contributed by atoms with E-state index in [0.717, 1.165) is 39.3 Å². The molecule has 2 heteroatoms. The Balaban J connectivity index is 1.68. The fraction of sp³-hybridized carbons (Fsp3) is 0.241. The molecule has 0 fully saturated rings.